The van der Waals surface area contributed by atoms with Gasteiger partial charge in [-0.05, 0) is 66.8 Å². The first-order valence-corrected chi connectivity index (χ1v) is 11.9. The van der Waals surface area contributed by atoms with Crippen molar-refractivity contribution in [3.63, 3.8) is 0 Å². The Morgan fingerprint density at radius 2 is 1.74 bits per heavy atom. The molecule has 0 aliphatic rings. The maximum absolute atomic E-state index is 12.9. The number of ether oxygens (including phenoxy) is 1. The summed E-state index contributed by atoms with van der Waals surface area (Å²) in [5, 5.41) is 15.2. The van der Waals surface area contributed by atoms with Crippen LogP contribution in [0, 0.1) is 0 Å². The number of rotatable bonds is 15. The van der Waals surface area contributed by atoms with Gasteiger partial charge >= 0.3 is 6.03 Å². The molecule has 3 amide bonds. The van der Waals surface area contributed by atoms with Gasteiger partial charge in [0.25, 0.3) is 5.91 Å². The highest BCUT2D eigenvalue weighted by atomic mass is 16.5. The lowest BCUT2D eigenvalue weighted by Crippen LogP contribution is -2.35. The Kier molecular flexibility index (Phi) is 12.5. The minimum atomic E-state index is -0.577. The van der Waals surface area contributed by atoms with Gasteiger partial charge in [-0.2, -0.15) is 0 Å². The largest absolute Gasteiger partial charge is 0.494 e. The smallest absolute Gasteiger partial charge is 0.322 e. The number of unbranched alkanes of at least 4 members (excludes halogenated alkanes) is 4. The molecule has 188 valence electrons. The van der Waals surface area contributed by atoms with Gasteiger partial charge < -0.3 is 15.0 Å². The first kappa shape index (κ1) is 27.5. The van der Waals surface area contributed by atoms with E-state index in [0.717, 1.165) is 49.8 Å². The molecule has 2 rings (SSSR count). The van der Waals surface area contributed by atoms with Gasteiger partial charge in [-0.15, -0.1) is 0 Å². The Bertz CT molecular complexity index is 959. The zero-order valence-corrected chi connectivity index (χ0v) is 20.2. The molecule has 0 heterocycles. The van der Waals surface area contributed by atoms with E-state index in [1.807, 2.05) is 24.3 Å². The molecular weight excluding hydrogens is 448 g/mol. The Morgan fingerprint density at radius 3 is 2.40 bits per heavy atom. The standard InChI is InChI=1S/C25H34N6O4/c1-2-3-17-31(19-20-8-10-21(11-9-20)24(32)29-34)25(33)28-22-12-14-23(15-13-22)35-18-7-5-4-6-16-27-30-26/h8-15,34H,2-7,16-19H2,1H3,(H,28,33)(H,29,32). The van der Waals surface area contributed by atoms with Crippen molar-refractivity contribution < 1.29 is 19.5 Å². The second-order valence-corrected chi connectivity index (χ2v) is 8.08. The summed E-state index contributed by atoms with van der Waals surface area (Å²) < 4.78 is 5.76. The van der Waals surface area contributed by atoms with Crippen molar-refractivity contribution in [2.75, 3.05) is 25.0 Å². The molecule has 0 spiro atoms. The SMILES string of the molecule is CCCCN(Cc1ccc(C(=O)NO)cc1)C(=O)Nc1ccc(OCCCCCCN=[N+]=[N-])cc1. The maximum Gasteiger partial charge on any atom is 0.322 e. The van der Waals surface area contributed by atoms with Crippen LogP contribution in [0.5, 0.6) is 5.75 Å². The summed E-state index contributed by atoms with van der Waals surface area (Å²) in [6, 6.07) is 13.8. The van der Waals surface area contributed by atoms with Crippen LogP contribution in [0.1, 0.15) is 61.4 Å². The lowest BCUT2D eigenvalue weighted by atomic mass is 10.1. The van der Waals surface area contributed by atoms with Crippen LogP contribution in [0.2, 0.25) is 0 Å². The van der Waals surface area contributed by atoms with E-state index in [2.05, 4.69) is 22.3 Å². The molecule has 0 unspecified atom stereocenters. The highest BCUT2D eigenvalue weighted by Crippen LogP contribution is 2.18. The summed E-state index contributed by atoms with van der Waals surface area (Å²) in [7, 11) is 0. The molecule has 10 nitrogen and oxygen atoms in total. The second-order valence-electron chi connectivity index (χ2n) is 8.08. The molecular formula is C25H34N6O4. The van der Waals surface area contributed by atoms with Gasteiger partial charge in [-0.1, -0.05) is 43.4 Å². The van der Waals surface area contributed by atoms with Crippen molar-refractivity contribution >= 4 is 17.6 Å². The molecule has 0 aliphatic heterocycles. The number of hydrogen-bond acceptors (Lipinski definition) is 5. The van der Waals surface area contributed by atoms with Crippen molar-refractivity contribution in [1.82, 2.24) is 10.4 Å². The van der Waals surface area contributed by atoms with Crippen LogP contribution in [0.25, 0.3) is 10.4 Å². The van der Waals surface area contributed by atoms with Crippen molar-refractivity contribution in [3.05, 3.63) is 70.1 Å². The fourth-order valence-corrected chi connectivity index (χ4v) is 3.36. The predicted octanol–water partition coefficient (Wildman–Crippen LogP) is 5.89. The molecule has 0 radical (unpaired) electrons. The van der Waals surface area contributed by atoms with Gasteiger partial charge in [0.1, 0.15) is 5.75 Å². The third-order valence-corrected chi connectivity index (χ3v) is 5.35. The van der Waals surface area contributed by atoms with E-state index in [-0.39, 0.29) is 6.03 Å². The zero-order valence-electron chi connectivity index (χ0n) is 20.2. The quantitative estimate of drug-likeness (QED) is 0.0727. The third-order valence-electron chi connectivity index (χ3n) is 5.35. The van der Waals surface area contributed by atoms with Gasteiger partial charge in [0, 0.05) is 35.8 Å². The van der Waals surface area contributed by atoms with E-state index in [9.17, 15) is 9.59 Å². The van der Waals surface area contributed by atoms with E-state index in [4.69, 9.17) is 15.5 Å². The number of hydroxylamine groups is 1. The number of nitrogens with zero attached hydrogens (tertiary/aromatic N) is 4. The number of anilines is 1. The number of azide groups is 1. The number of amides is 3. The van der Waals surface area contributed by atoms with E-state index >= 15 is 0 Å². The van der Waals surface area contributed by atoms with Crippen LogP contribution in [-0.2, 0) is 6.54 Å². The average Bonchev–Trinajstić information content (AvgIpc) is 2.88. The summed E-state index contributed by atoms with van der Waals surface area (Å²) in [5.74, 6) is 0.165. The van der Waals surface area contributed by atoms with Crippen molar-refractivity contribution in [2.45, 2.75) is 52.0 Å². The topological polar surface area (TPSA) is 140 Å². The molecule has 0 saturated heterocycles. The molecule has 0 aromatic heterocycles. The number of urea groups is 1. The van der Waals surface area contributed by atoms with E-state index in [0.29, 0.717) is 37.5 Å². The van der Waals surface area contributed by atoms with Crippen LogP contribution in [0.15, 0.2) is 53.6 Å². The molecule has 0 saturated carbocycles. The normalized spacial score (nSPS) is 10.2. The molecule has 0 aliphatic carbocycles. The molecule has 10 heteroatoms. The van der Waals surface area contributed by atoms with Crippen LogP contribution in [-0.4, -0.2) is 41.7 Å². The fourth-order valence-electron chi connectivity index (χ4n) is 3.36. The molecule has 2 aromatic carbocycles. The Morgan fingerprint density at radius 1 is 1.03 bits per heavy atom. The van der Waals surface area contributed by atoms with Gasteiger partial charge in [-0.25, -0.2) is 10.3 Å². The summed E-state index contributed by atoms with van der Waals surface area (Å²) in [4.78, 5) is 28.9. The molecule has 0 bridgehead atoms. The summed E-state index contributed by atoms with van der Waals surface area (Å²) in [5.41, 5.74) is 11.8. The Labute approximate surface area is 205 Å². The number of carbonyl (C=O) groups excluding carboxylic acids is 2. The van der Waals surface area contributed by atoms with Gasteiger partial charge in [-0.3, -0.25) is 10.0 Å². The Hall–Kier alpha value is -3.75. The minimum absolute atomic E-state index is 0.204. The summed E-state index contributed by atoms with van der Waals surface area (Å²) >= 11 is 0. The van der Waals surface area contributed by atoms with Gasteiger partial charge in [0.05, 0.1) is 6.61 Å². The minimum Gasteiger partial charge on any atom is -0.494 e. The van der Waals surface area contributed by atoms with Gasteiger partial charge in [0.2, 0.25) is 0 Å². The van der Waals surface area contributed by atoms with E-state index in [1.54, 1.807) is 34.6 Å². The fraction of sp³-hybridized carbons (Fsp3) is 0.440. The molecule has 0 fully saturated rings. The lowest BCUT2D eigenvalue weighted by molar-refractivity contribution is 0.0706. The third kappa shape index (κ3) is 10.4. The van der Waals surface area contributed by atoms with Crippen LogP contribution >= 0.6 is 0 Å². The summed E-state index contributed by atoms with van der Waals surface area (Å²) in [6.45, 7) is 4.22. The zero-order chi connectivity index (χ0) is 25.3. The first-order valence-electron chi connectivity index (χ1n) is 11.9. The molecule has 2 aromatic rings. The highest BCUT2D eigenvalue weighted by Gasteiger charge is 2.14. The van der Waals surface area contributed by atoms with Crippen molar-refractivity contribution in [3.8, 4) is 5.75 Å². The van der Waals surface area contributed by atoms with Crippen molar-refractivity contribution in [1.29, 1.82) is 0 Å². The monoisotopic (exact) mass is 482 g/mol. The van der Waals surface area contributed by atoms with Crippen LogP contribution in [0.3, 0.4) is 0 Å². The number of nitrogens with one attached hydrogen (secondary N) is 2. The number of carbonyl (C=O) groups is 2. The van der Waals surface area contributed by atoms with Crippen LogP contribution < -0.4 is 15.5 Å². The lowest BCUT2D eigenvalue weighted by Gasteiger charge is -2.23. The molecule has 35 heavy (non-hydrogen) atoms. The number of hydrogen-bond donors (Lipinski definition) is 3. The summed E-state index contributed by atoms with van der Waals surface area (Å²) in [6.07, 6.45) is 5.66. The highest BCUT2D eigenvalue weighted by molar-refractivity contribution is 5.93. The van der Waals surface area contributed by atoms with Crippen LogP contribution in [0.4, 0.5) is 10.5 Å². The predicted molar refractivity (Wildman–Crippen MR) is 134 cm³/mol. The molecule has 3 N–H and O–H groups in total. The van der Waals surface area contributed by atoms with E-state index in [1.165, 1.54) is 0 Å². The van der Waals surface area contributed by atoms with Crippen molar-refractivity contribution in [2.24, 2.45) is 5.11 Å². The van der Waals surface area contributed by atoms with Gasteiger partial charge in [0.15, 0.2) is 0 Å². The maximum atomic E-state index is 12.9. The Balaban J connectivity index is 1.84. The molecule has 0 atom stereocenters. The van der Waals surface area contributed by atoms with E-state index < -0.39 is 5.91 Å². The second kappa shape index (κ2) is 16.0. The number of benzene rings is 2. The first-order chi connectivity index (χ1) is 17.1. The average molecular weight is 483 g/mol.